The van der Waals surface area contributed by atoms with E-state index in [-0.39, 0.29) is 22.2 Å². The average molecular weight is 342 g/mol. The molecule has 0 aliphatic carbocycles. The summed E-state index contributed by atoms with van der Waals surface area (Å²) in [5.74, 6) is -0.0972. The quantitative estimate of drug-likeness (QED) is 0.647. The van der Waals surface area contributed by atoms with Crippen molar-refractivity contribution in [3.63, 3.8) is 0 Å². The molecule has 2 rings (SSSR count). The van der Waals surface area contributed by atoms with Crippen molar-refractivity contribution in [1.82, 2.24) is 0 Å². The minimum Gasteiger partial charge on any atom is -0.454 e. The van der Waals surface area contributed by atoms with E-state index in [1.165, 1.54) is 6.07 Å². The van der Waals surface area contributed by atoms with Crippen molar-refractivity contribution in [2.45, 2.75) is 0 Å². The summed E-state index contributed by atoms with van der Waals surface area (Å²) in [6.07, 6.45) is 0. The second kappa shape index (κ2) is 5.47. The molecule has 0 unspecified atom stereocenters. The summed E-state index contributed by atoms with van der Waals surface area (Å²) < 4.78 is 19.4. The summed E-state index contributed by atoms with van der Waals surface area (Å²) in [5, 5.41) is 8.86. The van der Waals surface area contributed by atoms with E-state index >= 15 is 0 Å². The smallest absolute Gasteiger partial charge is 0.151 e. The molecule has 0 amide bonds. The van der Waals surface area contributed by atoms with Crippen LogP contribution in [0.2, 0.25) is 5.02 Å². The number of hydrogen-bond donors (Lipinski definition) is 1. The average Bonchev–Trinajstić information content (AvgIpc) is 2.38. The first-order chi connectivity index (χ1) is 9.02. The van der Waals surface area contributed by atoms with Crippen molar-refractivity contribution in [2.24, 2.45) is 0 Å². The molecule has 0 bridgehead atoms. The third kappa shape index (κ3) is 2.80. The van der Waals surface area contributed by atoms with Gasteiger partial charge in [-0.2, -0.15) is 5.26 Å². The Kier molecular flexibility index (Phi) is 3.93. The van der Waals surface area contributed by atoms with Crippen LogP contribution in [-0.2, 0) is 0 Å². The number of nitrogens with two attached hydrogens (primary N) is 1. The van der Waals surface area contributed by atoms with Crippen LogP contribution in [0.3, 0.4) is 0 Å². The molecule has 0 spiro atoms. The largest absolute Gasteiger partial charge is 0.454 e. The van der Waals surface area contributed by atoms with Crippen molar-refractivity contribution < 1.29 is 9.13 Å². The summed E-state index contributed by atoms with van der Waals surface area (Å²) in [6.45, 7) is 0. The van der Waals surface area contributed by atoms with E-state index in [1.54, 1.807) is 18.2 Å². The lowest BCUT2D eigenvalue weighted by atomic mass is 10.2. The normalized spacial score (nSPS) is 10.0. The van der Waals surface area contributed by atoms with Gasteiger partial charge in [0.05, 0.1) is 20.7 Å². The fourth-order valence-electron chi connectivity index (χ4n) is 1.43. The maximum atomic E-state index is 13.4. The first kappa shape index (κ1) is 13.7. The fourth-order valence-corrected chi connectivity index (χ4v) is 2.15. The molecule has 0 saturated heterocycles. The molecule has 3 nitrogen and oxygen atoms in total. The summed E-state index contributed by atoms with van der Waals surface area (Å²) >= 11 is 8.86. The SMILES string of the molecule is N#Cc1cccc(Oc2cc(F)c(Cl)cc2Br)c1N. The van der Waals surface area contributed by atoms with E-state index in [0.29, 0.717) is 10.0 Å². The zero-order valence-electron chi connectivity index (χ0n) is 9.45. The van der Waals surface area contributed by atoms with Gasteiger partial charge in [0.15, 0.2) is 5.75 Å². The van der Waals surface area contributed by atoms with Crippen LogP contribution in [0.1, 0.15) is 5.56 Å². The number of nitrogens with zero attached hydrogens (tertiary/aromatic N) is 1. The van der Waals surface area contributed by atoms with Crippen LogP contribution in [0.4, 0.5) is 10.1 Å². The minimum atomic E-state index is -0.602. The Morgan fingerprint density at radius 3 is 2.74 bits per heavy atom. The molecule has 0 heterocycles. The summed E-state index contributed by atoms with van der Waals surface area (Å²) in [4.78, 5) is 0. The zero-order chi connectivity index (χ0) is 14.0. The molecule has 6 heteroatoms. The van der Waals surface area contributed by atoms with E-state index in [4.69, 9.17) is 27.3 Å². The van der Waals surface area contributed by atoms with E-state index < -0.39 is 5.82 Å². The highest BCUT2D eigenvalue weighted by atomic mass is 79.9. The third-order valence-electron chi connectivity index (χ3n) is 2.38. The summed E-state index contributed by atoms with van der Waals surface area (Å²) in [6, 6.07) is 9.26. The van der Waals surface area contributed by atoms with Crippen molar-refractivity contribution in [2.75, 3.05) is 5.73 Å². The van der Waals surface area contributed by atoms with Crippen LogP contribution in [0.15, 0.2) is 34.8 Å². The molecule has 2 aromatic carbocycles. The maximum absolute atomic E-state index is 13.4. The van der Waals surface area contributed by atoms with Crippen LogP contribution in [0.5, 0.6) is 11.5 Å². The Bertz CT molecular complexity index is 685. The zero-order valence-corrected chi connectivity index (χ0v) is 11.8. The fraction of sp³-hybridized carbons (Fsp3) is 0. The number of benzene rings is 2. The Balaban J connectivity index is 2.43. The Labute approximate surface area is 122 Å². The van der Waals surface area contributed by atoms with E-state index in [0.717, 1.165) is 6.07 Å². The number of rotatable bonds is 2. The number of halogens is 3. The number of ether oxygens (including phenoxy) is 1. The van der Waals surface area contributed by atoms with Crippen LogP contribution < -0.4 is 10.5 Å². The van der Waals surface area contributed by atoms with E-state index in [1.807, 2.05) is 6.07 Å². The molecule has 0 aromatic heterocycles. The van der Waals surface area contributed by atoms with Gasteiger partial charge in [-0.05, 0) is 34.1 Å². The first-order valence-corrected chi connectivity index (χ1v) is 6.31. The lowest BCUT2D eigenvalue weighted by Crippen LogP contribution is -1.96. The van der Waals surface area contributed by atoms with Gasteiger partial charge >= 0.3 is 0 Å². The molecule has 0 fully saturated rings. The van der Waals surface area contributed by atoms with Gasteiger partial charge in [-0.3, -0.25) is 0 Å². The molecular formula is C13H7BrClFN2O. The lowest BCUT2D eigenvalue weighted by molar-refractivity contribution is 0.476. The highest BCUT2D eigenvalue weighted by Gasteiger charge is 2.11. The van der Waals surface area contributed by atoms with Gasteiger partial charge < -0.3 is 10.5 Å². The number of hydrogen-bond acceptors (Lipinski definition) is 3. The van der Waals surface area contributed by atoms with Gasteiger partial charge in [-0.25, -0.2) is 4.39 Å². The van der Waals surface area contributed by atoms with Crippen molar-refractivity contribution in [3.8, 4) is 17.6 Å². The van der Waals surface area contributed by atoms with Crippen molar-refractivity contribution in [3.05, 3.63) is 51.2 Å². The molecular weight excluding hydrogens is 335 g/mol. The van der Waals surface area contributed by atoms with Gasteiger partial charge in [0.25, 0.3) is 0 Å². The number of para-hydroxylation sites is 1. The van der Waals surface area contributed by atoms with Crippen LogP contribution in [-0.4, -0.2) is 0 Å². The Morgan fingerprint density at radius 1 is 1.32 bits per heavy atom. The number of anilines is 1. The van der Waals surface area contributed by atoms with Gasteiger partial charge in [0.2, 0.25) is 0 Å². The molecule has 0 aliphatic heterocycles. The highest BCUT2D eigenvalue weighted by Crippen LogP contribution is 2.36. The molecule has 0 aliphatic rings. The Morgan fingerprint density at radius 2 is 2.05 bits per heavy atom. The van der Waals surface area contributed by atoms with Gasteiger partial charge in [-0.1, -0.05) is 17.7 Å². The standard InChI is InChI=1S/C13H7BrClFN2O/c14-8-4-9(15)10(16)5-12(8)19-11-3-1-2-7(6-17)13(11)18/h1-5H,18H2. The predicted octanol–water partition coefficient (Wildman–Crippen LogP) is 4.49. The molecule has 0 saturated carbocycles. The molecule has 19 heavy (non-hydrogen) atoms. The third-order valence-corrected chi connectivity index (χ3v) is 3.29. The second-order valence-electron chi connectivity index (χ2n) is 3.63. The Hall–Kier alpha value is -1.77. The monoisotopic (exact) mass is 340 g/mol. The number of nitrogen functional groups attached to an aromatic ring is 1. The van der Waals surface area contributed by atoms with Crippen LogP contribution in [0.25, 0.3) is 0 Å². The summed E-state index contributed by atoms with van der Waals surface area (Å²) in [5.41, 5.74) is 6.27. The van der Waals surface area contributed by atoms with E-state index in [2.05, 4.69) is 15.9 Å². The minimum absolute atomic E-state index is 0.0158. The molecule has 0 atom stereocenters. The van der Waals surface area contributed by atoms with Crippen molar-refractivity contribution >= 4 is 33.2 Å². The summed E-state index contributed by atoms with van der Waals surface area (Å²) in [7, 11) is 0. The first-order valence-electron chi connectivity index (χ1n) is 5.14. The van der Waals surface area contributed by atoms with Crippen molar-refractivity contribution in [1.29, 1.82) is 5.26 Å². The number of nitriles is 1. The van der Waals surface area contributed by atoms with Crippen LogP contribution in [0, 0.1) is 17.1 Å². The lowest BCUT2D eigenvalue weighted by Gasteiger charge is -2.11. The predicted molar refractivity (Wildman–Crippen MR) is 74.8 cm³/mol. The van der Waals surface area contributed by atoms with Gasteiger partial charge in [0.1, 0.15) is 17.6 Å². The molecule has 96 valence electrons. The van der Waals surface area contributed by atoms with Crippen LogP contribution >= 0.6 is 27.5 Å². The van der Waals surface area contributed by atoms with E-state index in [9.17, 15) is 4.39 Å². The van der Waals surface area contributed by atoms with Gasteiger partial charge in [0, 0.05) is 6.07 Å². The second-order valence-corrected chi connectivity index (χ2v) is 4.89. The maximum Gasteiger partial charge on any atom is 0.151 e. The molecule has 0 radical (unpaired) electrons. The molecule has 2 N–H and O–H groups in total. The highest BCUT2D eigenvalue weighted by molar-refractivity contribution is 9.10. The van der Waals surface area contributed by atoms with Gasteiger partial charge in [-0.15, -0.1) is 0 Å². The topological polar surface area (TPSA) is 59.0 Å². The molecule has 2 aromatic rings.